The summed E-state index contributed by atoms with van der Waals surface area (Å²) in [6, 6.07) is 0. The molecule has 0 saturated carbocycles. The van der Waals surface area contributed by atoms with E-state index in [-0.39, 0.29) is 5.91 Å². The smallest absolute Gasteiger partial charge is 0.240 e. The molecule has 1 aliphatic rings. The summed E-state index contributed by atoms with van der Waals surface area (Å²) in [7, 11) is 1.93. The molecule has 0 aromatic rings. The highest BCUT2D eigenvalue weighted by Gasteiger charge is 2.19. The molecule has 4 nitrogen and oxygen atoms in total. The quantitative estimate of drug-likeness (QED) is 0.727. The summed E-state index contributed by atoms with van der Waals surface area (Å²) in [6.45, 7) is 4.62. The van der Waals surface area contributed by atoms with Gasteiger partial charge in [-0.05, 0) is 33.2 Å². The lowest BCUT2D eigenvalue weighted by Gasteiger charge is -2.25. The lowest BCUT2D eigenvalue weighted by Crippen LogP contribution is -2.39. The van der Waals surface area contributed by atoms with Gasteiger partial charge in [0.2, 0.25) is 5.91 Å². The first kappa shape index (κ1) is 13.2. The van der Waals surface area contributed by atoms with Crippen LogP contribution >= 0.6 is 0 Å². The molecule has 0 bridgehead atoms. The largest absolute Gasteiger partial charge is 0.329 e. The van der Waals surface area contributed by atoms with Crippen LogP contribution in [0.2, 0.25) is 0 Å². The highest BCUT2D eigenvalue weighted by molar-refractivity contribution is 5.80. The van der Waals surface area contributed by atoms with Gasteiger partial charge in [-0.2, -0.15) is 0 Å². The third kappa shape index (κ3) is 3.61. The third-order valence-corrected chi connectivity index (χ3v) is 2.90. The number of allylic oxidation sites excluding steroid dienone is 2. The van der Waals surface area contributed by atoms with Crippen LogP contribution in [0.25, 0.3) is 0 Å². The standard InChI is InChI=1S/C12H23N3O/c1-3-15(11-6-4-5-7-11)12(16)10-14(2)9-8-13/h6H,3-5,7-10,13H2,1-2H3. The van der Waals surface area contributed by atoms with Crippen molar-refractivity contribution in [2.45, 2.75) is 26.2 Å². The Hall–Kier alpha value is -0.870. The molecule has 1 amide bonds. The van der Waals surface area contributed by atoms with Crippen molar-refractivity contribution in [3.63, 3.8) is 0 Å². The van der Waals surface area contributed by atoms with Crippen molar-refractivity contribution >= 4 is 5.91 Å². The normalized spacial score (nSPS) is 15.4. The summed E-state index contributed by atoms with van der Waals surface area (Å²) < 4.78 is 0. The minimum absolute atomic E-state index is 0.187. The Morgan fingerprint density at radius 1 is 1.56 bits per heavy atom. The maximum Gasteiger partial charge on any atom is 0.240 e. The second-order valence-electron chi connectivity index (χ2n) is 4.25. The van der Waals surface area contributed by atoms with Crippen LogP contribution in [0.5, 0.6) is 0 Å². The van der Waals surface area contributed by atoms with Gasteiger partial charge in [-0.3, -0.25) is 9.69 Å². The molecule has 0 aliphatic heterocycles. The number of amides is 1. The van der Waals surface area contributed by atoms with E-state index in [1.165, 1.54) is 12.1 Å². The first-order valence-electron chi connectivity index (χ1n) is 6.07. The van der Waals surface area contributed by atoms with E-state index >= 15 is 0 Å². The molecule has 1 rings (SSSR count). The number of hydrogen-bond acceptors (Lipinski definition) is 3. The van der Waals surface area contributed by atoms with Gasteiger partial charge in [0, 0.05) is 25.3 Å². The van der Waals surface area contributed by atoms with E-state index in [1.54, 1.807) is 0 Å². The van der Waals surface area contributed by atoms with Gasteiger partial charge >= 0.3 is 0 Å². The molecule has 1 aliphatic carbocycles. The Kier molecular flexibility index (Phi) is 5.49. The van der Waals surface area contributed by atoms with Crippen molar-refractivity contribution < 1.29 is 4.79 Å². The molecule has 0 unspecified atom stereocenters. The second-order valence-corrected chi connectivity index (χ2v) is 4.25. The SMILES string of the molecule is CCN(C(=O)CN(C)CCN)C1=CCCC1. The van der Waals surface area contributed by atoms with Crippen LogP contribution in [0, 0.1) is 0 Å². The van der Waals surface area contributed by atoms with Gasteiger partial charge in [-0.25, -0.2) is 0 Å². The average molecular weight is 225 g/mol. The minimum atomic E-state index is 0.187. The van der Waals surface area contributed by atoms with Crippen LogP contribution in [-0.2, 0) is 4.79 Å². The molecule has 4 heteroatoms. The van der Waals surface area contributed by atoms with E-state index in [0.717, 1.165) is 25.9 Å². The predicted molar refractivity (Wildman–Crippen MR) is 65.9 cm³/mol. The van der Waals surface area contributed by atoms with E-state index in [1.807, 2.05) is 23.8 Å². The molecule has 0 radical (unpaired) electrons. The third-order valence-electron chi connectivity index (χ3n) is 2.90. The molecule has 0 aromatic carbocycles. The maximum absolute atomic E-state index is 12.0. The molecular weight excluding hydrogens is 202 g/mol. The van der Waals surface area contributed by atoms with Crippen molar-refractivity contribution in [2.75, 3.05) is 33.2 Å². The van der Waals surface area contributed by atoms with Gasteiger partial charge in [-0.15, -0.1) is 0 Å². The Labute approximate surface area is 98.1 Å². The van der Waals surface area contributed by atoms with Crippen LogP contribution in [0.1, 0.15) is 26.2 Å². The number of hydrogen-bond donors (Lipinski definition) is 1. The van der Waals surface area contributed by atoms with Gasteiger partial charge in [0.15, 0.2) is 0 Å². The number of carbonyl (C=O) groups excluding carboxylic acids is 1. The number of nitrogens with two attached hydrogens (primary N) is 1. The Morgan fingerprint density at radius 3 is 2.81 bits per heavy atom. The fourth-order valence-electron chi connectivity index (χ4n) is 2.05. The van der Waals surface area contributed by atoms with Crippen LogP contribution in [-0.4, -0.2) is 48.9 Å². The van der Waals surface area contributed by atoms with Gasteiger partial charge < -0.3 is 10.6 Å². The van der Waals surface area contributed by atoms with E-state index in [0.29, 0.717) is 13.1 Å². The minimum Gasteiger partial charge on any atom is -0.329 e. The summed E-state index contributed by atoms with van der Waals surface area (Å²) >= 11 is 0. The Balaban J connectivity index is 2.49. The van der Waals surface area contributed by atoms with Gasteiger partial charge in [0.05, 0.1) is 6.54 Å². The number of nitrogens with zero attached hydrogens (tertiary/aromatic N) is 2. The molecule has 2 N–H and O–H groups in total. The number of likely N-dealkylation sites (N-methyl/N-ethyl adjacent to an activating group) is 2. The maximum atomic E-state index is 12.0. The molecular formula is C12H23N3O. The Morgan fingerprint density at radius 2 is 2.31 bits per heavy atom. The zero-order chi connectivity index (χ0) is 12.0. The summed E-state index contributed by atoms with van der Waals surface area (Å²) in [5, 5.41) is 0. The molecule has 0 aromatic heterocycles. The highest BCUT2D eigenvalue weighted by Crippen LogP contribution is 2.21. The first-order chi connectivity index (χ1) is 7.69. The Bertz CT molecular complexity index is 263. The molecule has 0 heterocycles. The fourth-order valence-corrected chi connectivity index (χ4v) is 2.05. The van der Waals surface area contributed by atoms with Crippen molar-refractivity contribution in [2.24, 2.45) is 5.73 Å². The first-order valence-corrected chi connectivity index (χ1v) is 6.07. The van der Waals surface area contributed by atoms with Crippen LogP contribution in [0.15, 0.2) is 11.8 Å². The highest BCUT2D eigenvalue weighted by atomic mass is 16.2. The van der Waals surface area contributed by atoms with Crippen LogP contribution in [0.4, 0.5) is 0 Å². The van der Waals surface area contributed by atoms with Crippen molar-refractivity contribution in [3.8, 4) is 0 Å². The van der Waals surface area contributed by atoms with Crippen LogP contribution in [0.3, 0.4) is 0 Å². The zero-order valence-corrected chi connectivity index (χ0v) is 10.4. The number of carbonyl (C=O) groups is 1. The monoisotopic (exact) mass is 225 g/mol. The van der Waals surface area contributed by atoms with Crippen LogP contribution < -0.4 is 5.73 Å². The number of rotatable bonds is 6. The van der Waals surface area contributed by atoms with Gasteiger partial charge in [-0.1, -0.05) is 6.08 Å². The molecule has 0 saturated heterocycles. The molecule has 92 valence electrons. The lowest BCUT2D eigenvalue weighted by molar-refractivity contribution is -0.130. The molecule has 0 fully saturated rings. The summed E-state index contributed by atoms with van der Waals surface area (Å²) in [5.41, 5.74) is 6.66. The molecule has 0 atom stereocenters. The average Bonchev–Trinajstić information content (AvgIpc) is 2.72. The van der Waals surface area contributed by atoms with Crippen molar-refractivity contribution in [3.05, 3.63) is 11.8 Å². The van der Waals surface area contributed by atoms with Crippen molar-refractivity contribution in [1.82, 2.24) is 9.80 Å². The van der Waals surface area contributed by atoms with Gasteiger partial charge in [0.1, 0.15) is 0 Å². The predicted octanol–water partition coefficient (Wildman–Crippen LogP) is 0.793. The second kappa shape index (κ2) is 6.66. The topological polar surface area (TPSA) is 49.6 Å². The van der Waals surface area contributed by atoms with E-state index in [4.69, 9.17) is 5.73 Å². The summed E-state index contributed by atoms with van der Waals surface area (Å²) in [5.74, 6) is 0.187. The zero-order valence-electron chi connectivity index (χ0n) is 10.4. The van der Waals surface area contributed by atoms with E-state index < -0.39 is 0 Å². The summed E-state index contributed by atoms with van der Waals surface area (Å²) in [6.07, 6.45) is 5.51. The van der Waals surface area contributed by atoms with Crippen molar-refractivity contribution in [1.29, 1.82) is 0 Å². The lowest BCUT2D eigenvalue weighted by atomic mass is 10.3. The van der Waals surface area contributed by atoms with E-state index in [2.05, 4.69) is 6.08 Å². The van der Waals surface area contributed by atoms with E-state index in [9.17, 15) is 4.79 Å². The molecule has 16 heavy (non-hydrogen) atoms. The fraction of sp³-hybridized carbons (Fsp3) is 0.750. The summed E-state index contributed by atoms with van der Waals surface area (Å²) in [4.78, 5) is 15.9. The van der Waals surface area contributed by atoms with Gasteiger partial charge in [0.25, 0.3) is 0 Å². The molecule has 0 spiro atoms.